The minimum atomic E-state index is -0.467. The van der Waals surface area contributed by atoms with Crippen molar-refractivity contribution in [1.29, 1.82) is 0 Å². The number of hydrogen-bond donors (Lipinski definition) is 2. The van der Waals surface area contributed by atoms with Gasteiger partial charge >= 0.3 is 0 Å². The van der Waals surface area contributed by atoms with E-state index in [0.717, 1.165) is 30.5 Å². The third-order valence-corrected chi connectivity index (χ3v) is 4.08. The molecule has 4 nitrogen and oxygen atoms in total. The normalized spacial score (nSPS) is 13.1. The zero-order valence-corrected chi connectivity index (χ0v) is 13.0. The van der Waals surface area contributed by atoms with E-state index in [-0.39, 0.29) is 5.82 Å². The Labute approximate surface area is 134 Å². The number of nitrogens with two attached hydrogens (primary N) is 1. The van der Waals surface area contributed by atoms with Crippen LogP contribution in [0.15, 0.2) is 30.3 Å². The SMILES string of the molecule is Cc1cc(COc2ccc(C(N)=O)cc2)c2c(c1F)NCCC2. The summed E-state index contributed by atoms with van der Waals surface area (Å²) in [5.74, 6) is 0.00890. The molecule has 2 aromatic carbocycles. The van der Waals surface area contributed by atoms with Crippen molar-refractivity contribution in [2.75, 3.05) is 11.9 Å². The molecule has 120 valence electrons. The zero-order chi connectivity index (χ0) is 16.4. The molecule has 0 fully saturated rings. The van der Waals surface area contributed by atoms with Gasteiger partial charge < -0.3 is 15.8 Å². The highest BCUT2D eigenvalue weighted by molar-refractivity contribution is 5.92. The second-order valence-electron chi connectivity index (χ2n) is 5.73. The smallest absolute Gasteiger partial charge is 0.248 e. The summed E-state index contributed by atoms with van der Waals surface area (Å²) in [5.41, 5.74) is 8.86. The van der Waals surface area contributed by atoms with Crippen LogP contribution in [0.1, 0.15) is 33.5 Å². The van der Waals surface area contributed by atoms with Gasteiger partial charge in [-0.1, -0.05) is 0 Å². The fourth-order valence-electron chi connectivity index (χ4n) is 2.86. The summed E-state index contributed by atoms with van der Waals surface area (Å²) in [5, 5.41) is 3.15. The van der Waals surface area contributed by atoms with E-state index in [9.17, 15) is 9.18 Å². The third-order valence-electron chi connectivity index (χ3n) is 4.08. The van der Waals surface area contributed by atoms with Crippen LogP contribution in [0.4, 0.5) is 10.1 Å². The Balaban J connectivity index is 1.80. The van der Waals surface area contributed by atoms with Crippen LogP contribution in [0.2, 0.25) is 0 Å². The summed E-state index contributed by atoms with van der Waals surface area (Å²) in [7, 11) is 0. The summed E-state index contributed by atoms with van der Waals surface area (Å²) in [6.45, 7) is 2.92. The number of carbonyl (C=O) groups excluding carboxylic acids is 1. The van der Waals surface area contributed by atoms with Gasteiger partial charge in [-0.3, -0.25) is 4.79 Å². The van der Waals surface area contributed by atoms with Crippen LogP contribution in [-0.4, -0.2) is 12.5 Å². The van der Waals surface area contributed by atoms with Gasteiger partial charge in [-0.15, -0.1) is 0 Å². The number of rotatable bonds is 4. The van der Waals surface area contributed by atoms with Crippen LogP contribution in [0.5, 0.6) is 5.75 Å². The maximum Gasteiger partial charge on any atom is 0.248 e. The fraction of sp³-hybridized carbons (Fsp3) is 0.278. The van der Waals surface area contributed by atoms with Crippen LogP contribution in [0.25, 0.3) is 0 Å². The van der Waals surface area contributed by atoms with E-state index in [1.165, 1.54) is 0 Å². The van der Waals surface area contributed by atoms with Crippen molar-refractivity contribution in [2.24, 2.45) is 5.73 Å². The van der Waals surface area contributed by atoms with Gasteiger partial charge in [0.1, 0.15) is 18.2 Å². The highest BCUT2D eigenvalue weighted by atomic mass is 19.1. The summed E-state index contributed by atoms with van der Waals surface area (Å²) in [6, 6.07) is 8.52. The summed E-state index contributed by atoms with van der Waals surface area (Å²) >= 11 is 0. The maximum atomic E-state index is 14.2. The molecule has 0 unspecified atom stereocenters. The molecule has 3 rings (SSSR count). The van der Waals surface area contributed by atoms with Crippen LogP contribution < -0.4 is 15.8 Å². The van der Waals surface area contributed by atoms with Crippen LogP contribution >= 0.6 is 0 Å². The number of anilines is 1. The van der Waals surface area contributed by atoms with Crippen molar-refractivity contribution >= 4 is 11.6 Å². The number of halogens is 1. The molecule has 5 heteroatoms. The molecule has 0 radical (unpaired) electrons. The highest BCUT2D eigenvalue weighted by Gasteiger charge is 2.19. The lowest BCUT2D eigenvalue weighted by atomic mass is 9.95. The minimum absolute atomic E-state index is 0.172. The van der Waals surface area contributed by atoms with Gasteiger partial charge in [0, 0.05) is 12.1 Å². The van der Waals surface area contributed by atoms with Crippen LogP contribution in [0.3, 0.4) is 0 Å². The third kappa shape index (κ3) is 3.13. The van der Waals surface area contributed by atoms with Crippen molar-refractivity contribution in [3.05, 3.63) is 58.4 Å². The molecule has 0 bridgehead atoms. The first-order valence-electron chi connectivity index (χ1n) is 7.63. The molecule has 1 aliphatic heterocycles. The molecular formula is C18H19FN2O2. The average molecular weight is 314 g/mol. The Bertz CT molecular complexity index is 742. The predicted octanol–water partition coefficient (Wildman–Crippen LogP) is 3.17. The van der Waals surface area contributed by atoms with E-state index in [0.29, 0.717) is 29.2 Å². The molecule has 1 aliphatic rings. The van der Waals surface area contributed by atoms with Crippen LogP contribution in [-0.2, 0) is 13.0 Å². The molecule has 2 aromatic rings. The Hall–Kier alpha value is -2.56. The summed E-state index contributed by atoms with van der Waals surface area (Å²) in [6.07, 6.45) is 1.83. The minimum Gasteiger partial charge on any atom is -0.489 e. The van der Waals surface area contributed by atoms with Gasteiger partial charge in [-0.05, 0) is 66.8 Å². The van der Waals surface area contributed by atoms with Crippen molar-refractivity contribution in [2.45, 2.75) is 26.4 Å². The van der Waals surface area contributed by atoms with Gasteiger partial charge in [-0.2, -0.15) is 0 Å². The first kappa shape index (κ1) is 15.3. The van der Waals surface area contributed by atoms with Gasteiger partial charge in [0.25, 0.3) is 0 Å². The Morgan fingerprint density at radius 3 is 2.78 bits per heavy atom. The molecule has 0 saturated carbocycles. The molecule has 0 spiro atoms. The van der Waals surface area contributed by atoms with Crippen LogP contribution in [0, 0.1) is 12.7 Å². The first-order valence-corrected chi connectivity index (χ1v) is 7.63. The zero-order valence-electron chi connectivity index (χ0n) is 13.0. The van der Waals surface area contributed by atoms with E-state index in [1.807, 2.05) is 6.07 Å². The molecule has 0 aliphatic carbocycles. The van der Waals surface area contributed by atoms with E-state index >= 15 is 0 Å². The number of nitrogens with one attached hydrogen (secondary N) is 1. The highest BCUT2D eigenvalue weighted by Crippen LogP contribution is 2.31. The van der Waals surface area contributed by atoms with E-state index in [4.69, 9.17) is 10.5 Å². The molecule has 0 aromatic heterocycles. The number of amides is 1. The second kappa shape index (κ2) is 6.28. The van der Waals surface area contributed by atoms with Crippen molar-refractivity contribution in [1.82, 2.24) is 0 Å². The number of hydrogen-bond acceptors (Lipinski definition) is 3. The summed E-state index contributed by atoms with van der Waals surface area (Å²) in [4.78, 5) is 11.1. The number of aryl methyl sites for hydroxylation is 1. The standard InChI is InChI=1S/C18H19FN2O2/c1-11-9-13(15-3-2-8-21-17(15)16(11)19)10-23-14-6-4-12(5-7-14)18(20)22/h4-7,9,21H,2-3,8,10H2,1H3,(H2,20,22). The largest absolute Gasteiger partial charge is 0.489 e. The summed E-state index contributed by atoms with van der Waals surface area (Å²) < 4.78 is 20.0. The molecule has 0 atom stereocenters. The van der Waals surface area contributed by atoms with Crippen molar-refractivity contribution < 1.29 is 13.9 Å². The van der Waals surface area contributed by atoms with Crippen molar-refractivity contribution in [3.8, 4) is 5.75 Å². The Kier molecular flexibility index (Phi) is 4.19. The van der Waals surface area contributed by atoms with Gasteiger partial charge in [0.2, 0.25) is 5.91 Å². The second-order valence-corrected chi connectivity index (χ2v) is 5.73. The number of fused-ring (bicyclic) bond motifs is 1. The quantitative estimate of drug-likeness (QED) is 0.911. The topological polar surface area (TPSA) is 64.3 Å². The Morgan fingerprint density at radius 2 is 2.09 bits per heavy atom. The number of ether oxygens (including phenoxy) is 1. The first-order chi connectivity index (χ1) is 11.1. The van der Waals surface area contributed by atoms with Gasteiger partial charge in [-0.25, -0.2) is 4.39 Å². The fourth-order valence-corrected chi connectivity index (χ4v) is 2.86. The number of benzene rings is 2. The van der Waals surface area contributed by atoms with E-state index in [1.54, 1.807) is 31.2 Å². The lowest BCUT2D eigenvalue weighted by Crippen LogP contribution is -2.17. The predicted molar refractivity (Wildman–Crippen MR) is 87.2 cm³/mol. The molecular weight excluding hydrogens is 295 g/mol. The molecule has 1 heterocycles. The lowest BCUT2D eigenvalue weighted by molar-refractivity contribution is 0.1000. The lowest BCUT2D eigenvalue weighted by Gasteiger charge is -2.23. The number of carbonyl (C=O) groups is 1. The van der Waals surface area contributed by atoms with Gasteiger partial charge in [0.05, 0.1) is 5.69 Å². The monoisotopic (exact) mass is 314 g/mol. The maximum absolute atomic E-state index is 14.2. The van der Waals surface area contributed by atoms with Gasteiger partial charge in [0.15, 0.2) is 0 Å². The van der Waals surface area contributed by atoms with E-state index < -0.39 is 5.91 Å². The molecule has 23 heavy (non-hydrogen) atoms. The molecule has 0 saturated heterocycles. The number of primary amides is 1. The molecule has 3 N–H and O–H groups in total. The average Bonchev–Trinajstić information content (AvgIpc) is 2.57. The van der Waals surface area contributed by atoms with E-state index in [2.05, 4.69) is 5.32 Å². The Morgan fingerprint density at radius 1 is 1.35 bits per heavy atom. The van der Waals surface area contributed by atoms with Crippen molar-refractivity contribution in [3.63, 3.8) is 0 Å². The molecule has 1 amide bonds.